The second kappa shape index (κ2) is 5.73. The van der Waals surface area contributed by atoms with Crippen molar-refractivity contribution in [1.29, 1.82) is 0 Å². The van der Waals surface area contributed by atoms with Gasteiger partial charge in [-0.2, -0.15) is 0 Å². The second-order valence-electron chi connectivity index (χ2n) is 6.87. The van der Waals surface area contributed by atoms with E-state index in [1.165, 1.54) is 38.5 Å². The monoisotopic (exact) mass is 237 g/mol. The molecule has 0 saturated heterocycles. The van der Waals surface area contributed by atoms with Crippen LogP contribution >= 0.6 is 0 Å². The summed E-state index contributed by atoms with van der Waals surface area (Å²) in [6.45, 7) is 7.40. The van der Waals surface area contributed by atoms with Crippen molar-refractivity contribution in [3.63, 3.8) is 0 Å². The normalized spacial score (nSPS) is 48.0. The Bertz CT molecular complexity index is 228. The number of hydrogen-bond donors (Lipinski definition) is 1. The molecule has 0 heterocycles. The van der Waals surface area contributed by atoms with Crippen molar-refractivity contribution in [3.05, 3.63) is 0 Å². The van der Waals surface area contributed by atoms with Crippen LogP contribution in [0.3, 0.4) is 0 Å². The van der Waals surface area contributed by atoms with Crippen molar-refractivity contribution >= 4 is 0 Å². The minimum absolute atomic E-state index is 0.767. The van der Waals surface area contributed by atoms with Crippen LogP contribution in [0.5, 0.6) is 0 Å². The summed E-state index contributed by atoms with van der Waals surface area (Å²) in [5, 5.41) is 3.51. The minimum atomic E-state index is 0.767. The van der Waals surface area contributed by atoms with Crippen LogP contribution < -0.4 is 5.32 Å². The Morgan fingerprint density at radius 1 is 0.765 bits per heavy atom. The summed E-state index contributed by atoms with van der Waals surface area (Å²) in [7, 11) is 2.14. The smallest absolute Gasteiger partial charge is 0.00924 e. The molecule has 0 aromatic heterocycles. The average Bonchev–Trinajstić information content (AvgIpc) is 2.34. The lowest BCUT2D eigenvalue weighted by atomic mass is 9.63. The quantitative estimate of drug-likeness (QED) is 0.763. The van der Waals surface area contributed by atoms with Gasteiger partial charge < -0.3 is 5.32 Å². The van der Waals surface area contributed by atoms with Crippen LogP contribution in [0, 0.1) is 29.6 Å². The fourth-order valence-electron chi connectivity index (χ4n) is 4.44. The van der Waals surface area contributed by atoms with Crippen LogP contribution in [-0.4, -0.2) is 13.1 Å². The van der Waals surface area contributed by atoms with Crippen LogP contribution in [0.15, 0.2) is 0 Å². The molecule has 1 N–H and O–H groups in total. The van der Waals surface area contributed by atoms with E-state index in [1.807, 2.05) is 0 Å². The molecule has 2 fully saturated rings. The Morgan fingerprint density at radius 3 is 2.00 bits per heavy atom. The van der Waals surface area contributed by atoms with E-state index in [2.05, 4.69) is 33.1 Å². The van der Waals surface area contributed by atoms with Crippen molar-refractivity contribution in [1.82, 2.24) is 5.32 Å². The van der Waals surface area contributed by atoms with Gasteiger partial charge in [0.15, 0.2) is 0 Å². The lowest BCUT2D eigenvalue weighted by Crippen LogP contribution is -2.44. The molecule has 100 valence electrons. The van der Waals surface area contributed by atoms with Gasteiger partial charge in [0.1, 0.15) is 0 Å². The van der Waals surface area contributed by atoms with Gasteiger partial charge >= 0.3 is 0 Å². The predicted octanol–water partition coefficient (Wildman–Crippen LogP) is 4.08. The molecule has 0 radical (unpaired) electrons. The zero-order chi connectivity index (χ0) is 12.4. The maximum atomic E-state index is 3.51. The molecule has 1 nitrogen and oxygen atoms in total. The fraction of sp³-hybridized carbons (Fsp3) is 1.00. The Labute approximate surface area is 108 Å². The van der Waals surface area contributed by atoms with E-state index >= 15 is 0 Å². The molecule has 1 heteroatoms. The third-order valence-corrected chi connectivity index (χ3v) is 5.99. The first-order valence-corrected chi connectivity index (χ1v) is 7.80. The molecule has 2 rings (SSSR count). The summed E-state index contributed by atoms with van der Waals surface area (Å²) < 4.78 is 0. The molecule has 2 saturated carbocycles. The Kier molecular flexibility index (Phi) is 4.52. The molecule has 2 aliphatic carbocycles. The summed E-state index contributed by atoms with van der Waals surface area (Å²) in [6.07, 6.45) is 8.85. The highest BCUT2D eigenvalue weighted by molar-refractivity contribution is 4.90. The summed E-state index contributed by atoms with van der Waals surface area (Å²) in [6, 6.07) is 0.767. The highest BCUT2D eigenvalue weighted by atomic mass is 14.9. The van der Waals surface area contributed by atoms with Gasteiger partial charge in [-0.1, -0.05) is 33.6 Å². The lowest BCUT2D eigenvalue weighted by Gasteiger charge is -2.45. The van der Waals surface area contributed by atoms with Gasteiger partial charge in [-0.3, -0.25) is 0 Å². The predicted molar refractivity (Wildman–Crippen MR) is 75.0 cm³/mol. The first-order chi connectivity index (χ1) is 8.13. The molecule has 0 bridgehead atoms. The maximum absolute atomic E-state index is 3.51. The van der Waals surface area contributed by atoms with Crippen molar-refractivity contribution in [2.45, 2.75) is 65.3 Å². The second-order valence-corrected chi connectivity index (χ2v) is 6.87. The van der Waals surface area contributed by atoms with E-state index < -0.39 is 0 Å². The molecular weight excluding hydrogens is 206 g/mol. The van der Waals surface area contributed by atoms with Gasteiger partial charge in [0.2, 0.25) is 0 Å². The molecule has 0 amide bonds. The number of rotatable bonds is 2. The topological polar surface area (TPSA) is 12.0 Å². The first-order valence-electron chi connectivity index (χ1n) is 7.80. The summed E-state index contributed by atoms with van der Waals surface area (Å²) in [5.41, 5.74) is 0. The summed E-state index contributed by atoms with van der Waals surface area (Å²) in [5.74, 6) is 4.83. The van der Waals surface area contributed by atoms with E-state index in [-0.39, 0.29) is 0 Å². The van der Waals surface area contributed by atoms with Gasteiger partial charge in [-0.25, -0.2) is 0 Å². The average molecular weight is 237 g/mol. The standard InChI is InChI=1S/C16H31N/c1-11-5-7-14(8-6-11)15-9-10-16(17-4)13(3)12(15)2/h11-17H,5-10H2,1-4H3. The van der Waals surface area contributed by atoms with Crippen molar-refractivity contribution in [3.8, 4) is 0 Å². The number of nitrogens with one attached hydrogen (secondary N) is 1. The van der Waals surface area contributed by atoms with Gasteiger partial charge in [-0.05, 0) is 62.3 Å². The van der Waals surface area contributed by atoms with Crippen molar-refractivity contribution in [2.75, 3.05) is 7.05 Å². The van der Waals surface area contributed by atoms with Crippen LogP contribution in [0.2, 0.25) is 0 Å². The van der Waals surface area contributed by atoms with Gasteiger partial charge in [0.05, 0.1) is 0 Å². The zero-order valence-electron chi connectivity index (χ0n) is 12.2. The molecular formula is C16H31N. The van der Waals surface area contributed by atoms with Crippen LogP contribution in [0.4, 0.5) is 0 Å². The van der Waals surface area contributed by atoms with Crippen LogP contribution in [0.1, 0.15) is 59.3 Å². The highest BCUT2D eigenvalue weighted by Gasteiger charge is 2.37. The van der Waals surface area contributed by atoms with E-state index in [0.29, 0.717) is 0 Å². The van der Waals surface area contributed by atoms with E-state index in [0.717, 1.165) is 35.6 Å². The molecule has 0 aliphatic heterocycles. The van der Waals surface area contributed by atoms with Gasteiger partial charge in [0.25, 0.3) is 0 Å². The molecule has 4 unspecified atom stereocenters. The van der Waals surface area contributed by atoms with Crippen LogP contribution in [0.25, 0.3) is 0 Å². The van der Waals surface area contributed by atoms with Crippen LogP contribution in [-0.2, 0) is 0 Å². The molecule has 0 aromatic rings. The summed E-state index contributed by atoms with van der Waals surface area (Å²) in [4.78, 5) is 0. The largest absolute Gasteiger partial charge is 0.317 e. The maximum Gasteiger partial charge on any atom is 0.00924 e. The van der Waals surface area contributed by atoms with E-state index in [4.69, 9.17) is 0 Å². The zero-order valence-corrected chi connectivity index (χ0v) is 12.2. The minimum Gasteiger partial charge on any atom is -0.317 e. The Balaban J connectivity index is 1.93. The number of hydrogen-bond acceptors (Lipinski definition) is 1. The van der Waals surface area contributed by atoms with E-state index in [9.17, 15) is 0 Å². The molecule has 17 heavy (non-hydrogen) atoms. The lowest BCUT2D eigenvalue weighted by molar-refractivity contribution is 0.0700. The first kappa shape index (κ1) is 13.4. The summed E-state index contributed by atoms with van der Waals surface area (Å²) >= 11 is 0. The third kappa shape index (κ3) is 2.86. The fourth-order valence-corrected chi connectivity index (χ4v) is 4.44. The molecule has 2 aliphatic rings. The van der Waals surface area contributed by atoms with E-state index in [1.54, 1.807) is 0 Å². The van der Waals surface area contributed by atoms with Gasteiger partial charge in [-0.15, -0.1) is 0 Å². The van der Waals surface area contributed by atoms with Crippen molar-refractivity contribution in [2.24, 2.45) is 29.6 Å². The highest BCUT2D eigenvalue weighted by Crippen LogP contribution is 2.44. The van der Waals surface area contributed by atoms with Crippen molar-refractivity contribution < 1.29 is 0 Å². The SMILES string of the molecule is CNC1CCC(C2CCC(C)CC2)C(C)C1C. The third-order valence-electron chi connectivity index (χ3n) is 5.99. The molecule has 0 aromatic carbocycles. The van der Waals surface area contributed by atoms with Gasteiger partial charge in [0, 0.05) is 6.04 Å². The molecule has 0 spiro atoms. The Hall–Kier alpha value is -0.0400. The molecule has 4 atom stereocenters. The Morgan fingerprint density at radius 2 is 1.41 bits per heavy atom.